The summed E-state index contributed by atoms with van der Waals surface area (Å²) in [6.45, 7) is 0. The first-order valence-corrected chi connectivity index (χ1v) is 5.19. The number of rotatable bonds is 3. The third kappa shape index (κ3) is 2.75. The molecule has 1 aromatic carbocycles. The summed E-state index contributed by atoms with van der Waals surface area (Å²) < 4.78 is 0. The fraction of sp³-hybridized carbons (Fsp3) is 0. The van der Waals surface area contributed by atoms with Gasteiger partial charge >= 0.3 is 5.69 Å². The van der Waals surface area contributed by atoms with Gasteiger partial charge in [-0.25, -0.2) is 4.79 Å². The van der Waals surface area contributed by atoms with Gasteiger partial charge in [-0.15, -0.1) is 10.2 Å². The van der Waals surface area contributed by atoms with E-state index in [1.165, 1.54) is 24.3 Å². The molecule has 0 atom stereocenters. The molecule has 0 amide bonds. The Morgan fingerprint density at radius 1 is 1.10 bits per heavy atom. The van der Waals surface area contributed by atoms with E-state index < -0.39 is 27.7 Å². The van der Waals surface area contributed by atoms with E-state index >= 15 is 0 Å². The molecule has 102 valence electrons. The highest BCUT2D eigenvalue weighted by molar-refractivity contribution is 5.45. The quantitative estimate of drug-likeness (QED) is 0.435. The highest BCUT2D eigenvalue weighted by atomic mass is 16.6. The van der Waals surface area contributed by atoms with Crippen molar-refractivity contribution in [3.63, 3.8) is 0 Å². The molecule has 0 unspecified atom stereocenters. The molecule has 0 fully saturated rings. The van der Waals surface area contributed by atoms with Crippen molar-refractivity contribution in [2.24, 2.45) is 10.2 Å². The Kier molecular flexibility index (Phi) is 3.37. The minimum atomic E-state index is -0.994. The second-order valence-corrected chi connectivity index (χ2v) is 3.58. The van der Waals surface area contributed by atoms with Gasteiger partial charge in [-0.3, -0.25) is 24.9 Å². The van der Waals surface area contributed by atoms with Crippen molar-refractivity contribution < 1.29 is 10.0 Å². The monoisotopic (exact) mass is 277 g/mol. The maximum absolute atomic E-state index is 11.1. The number of aromatic hydroxyl groups is 1. The number of nitro benzene ring substituents is 1. The summed E-state index contributed by atoms with van der Waals surface area (Å²) in [6, 6.07) is 5.08. The van der Waals surface area contributed by atoms with Crippen LogP contribution >= 0.6 is 0 Å². The van der Waals surface area contributed by atoms with E-state index in [1.54, 1.807) is 4.98 Å². The zero-order valence-electron chi connectivity index (χ0n) is 9.73. The Morgan fingerprint density at radius 3 is 2.35 bits per heavy atom. The molecule has 20 heavy (non-hydrogen) atoms. The fourth-order valence-corrected chi connectivity index (χ4v) is 1.29. The van der Waals surface area contributed by atoms with E-state index in [2.05, 4.69) is 15.2 Å². The molecule has 0 aliphatic rings. The lowest BCUT2D eigenvalue weighted by Gasteiger charge is -1.95. The third-order valence-electron chi connectivity index (χ3n) is 2.22. The standard InChI is InChI=1S/C10H7N5O5/c16-7-8(11-10(18)12-9(7)17)14-13-5-1-3-6(4-2-5)15(19)20/h1-4,16H,(H2,11,12,17,18). The summed E-state index contributed by atoms with van der Waals surface area (Å²) >= 11 is 0. The van der Waals surface area contributed by atoms with Crippen molar-refractivity contribution in [3.8, 4) is 5.75 Å². The fourth-order valence-electron chi connectivity index (χ4n) is 1.29. The van der Waals surface area contributed by atoms with Gasteiger partial charge in [-0.2, -0.15) is 0 Å². The van der Waals surface area contributed by atoms with Gasteiger partial charge < -0.3 is 5.11 Å². The molecule has 0 bridgehead atoms. The van der Waals surface area contributed by atoms with Crippen LogP contribution in [0.4, 0.5) is 17.2 Å². The number of nitro groups is 1. The third-order valence-corrected chi connectivity index (χ3v) is 2.22. The number of H-pyrrole nitrogens is 2. The van der Waals surface area contributed by atoms with Crippen LogP contribution in [-0.4, -0.2) is 20.0 Å². The van der Waals surface area contributed by atoms with Gasteiger partial charge in [0, 0.05) is 12.1 Å². The van der Waals surface area contributed by atoms with Crippen LogP contribution in [0.25, 0.3) is 0 Å². The minimum Gasteiger partial charge on any atom is -0.500 e. The van der Waals surface area contributed by atoms with Crippen LogP contribution in [0.5, 0.6) is 5.75 Å². The molecule has 10 nitrogen and oxygen atoms in total. The van der Waals surface area contributed by atoms with Gasteiger partial charge in [0.1, 0.15) is 0 Å². The van der Waals surface area contributed by atoms with Gasteiger partial charge in [0.15, 0.2) is 0 Å². The average molecular weight is 277 g/mol. The van der Waals surface area contributed by atoms with Crippen LogP contribution in [0.3, 0.4) is 0 Å². The number of benzene rings is 1. The first kappa shape index (κ1) is 13.1. The zero-order chi connectivity index (χ0) is 14.7. The smallest absolute Gasteiger partial charge is 0.327 e. The summed E-state index contributed by atoms with van der Waals surface area (Å²) in [7, 11) is 0. The molecular weight excluding hydrogens is 270 g/mol. The van der Waals surface area contributed by atoms with Crippen molar-refractivity contribution in [1.82, 2.24) is 9.97 Å². The van der Waals surface area contributed by atoms with E-state index in [-0.39, 0.29) is 11.4 Å². The van der Waals surface area contributed by atoms with E-state index in [4.69, 9.17) is 0 Å². The number of aromatic nitrogens is 2. The molecule has 0 aliphatic heterocycles. The van der Waals surface area contributed by atoms with Crippen LogP contribution in [0.15, 0.2) is 44.1 Å². The number of nitrogens with zero attached hydrogens (tertiary/aromatic N) is 3. The van der Waals surface area contributed by atoms with Crippen molar-refractivity contribution in [3.05, 3.63) is 55.2 Å². The molecule has 0 saturated heterocycles. The lowest BCUT2D eigenvalue weighted by Crippen LogP contribution is -2.20. The Hall–Kier alpha value is -3.30. The first-order chi connectivity index (χ1) is 9.47. The van der Waals surface area contributed by atoms with Crippen molar-refractivity contribution >= 4 is 17.2 Å². The number of azo groups is 1. The molecule has 1 aromatic heterocycles. The van der Waals surface area contributed by atoms with Crippen LogP contribution < -0.4 is 11.2 Å². The van der Waals surface area contributed by atoms with Gasteiger partial charge in [0.2, 0.25) is 11.6 Å². The summed E-state index contributed by atoms with van der Waals surface area (Å²) in [5.41, 5.74) is -1.70. The molecule has 10 heteroatoms. The molecule has 0 saturated carbocycles. The lowest BCUT2D eigenvalue weighted by atomic mass is 10.3. The summed E-state index contributed by atoms with van der Waals surface area (Å²) in [5, 5.41) is 27.0. The number of nitrogens with one attached hydrogen (secondary N) is 2. The molecule has 0 radical (unpaired) electrons. The molecule has 2 rings (SSSR count). The molecule has 3 N–H and O–H groups in total. The largest absolute Gasteiger partial charge is 0.500 e. The second-order valence-electron chi connectivity index (χ2n) is 3.58. The van der Waals surface area contributed by atoms with Crippen LogP contribution in [0, 0.1) is 10.1 Å². The average Bonchev–Trinajstić information content (AvgIpc) is 2.41. The predicted octanol–water partition coefficient (Wildman–Crippen LogP) is 1.09. The van der Waals surface area contributed by atoms with E-state index in [9.17, 15) is 24.8 Å². The first-order valence-electron chi connectivity index (χ1n) is 5.19. The van der Waals surface area contributed by atoms with E-state index in [1.807, 2.05) is 0 Å². The van der Waals surface area contributed by atoms with Crippen LogP contribution in [-0.2, 0) is 0 Å². The summed E-state index contributed by atoms with van der Waals surface area (Å²) in [4.78, 5) is 35.9. The zero-order valence-corrected chi connectivity index (χ0v) is 9.73. The van der Waals surface area contributed by atoms with Crippen LogP contribution in [0.2, 0.25) is 0 Å². The molecule has 0 aliphatic carbocycles. The van der Waals surface area contributed by atoms with Gasteiger partial charge in [-0.05, 0) is 12.1 Å². The van der Waals surface area contributed by atoms with Crippen molar-refractivity contribution in [2.75, 3.05) is 0 Å². The van der Waals surface area contributed by atoms with E-state index in [0.29, 0.717) is 0 Å². The molecular formula is C10H7N5O5. The highest BCUT2D eigenvalue weighted by Crippen LogP contribution is 2.22. The summed E-state index contributed by atoms with van der Waals surface area (Å²) in [5.74, 6) is -1.19. The Morgan fingerprint density at radius 2 is 1.75 bits per heavy atom. The number of non-ortho nitro benzene ring substituents is 1. The highest BCUT2D eigenvalue weighted by Gasteiger charge is 2.07. The second kappa shape index (κ2) is 5.14. The molecule has 0 spiro atoms. The minimum absolute atomic E-state index is 0.114. The maximum atomic E-state index is 11.1. The number of aromatic amines is 2. The molecule has 1 heterocycles. The van der Waals surface area contributed by atoms with Gasteiger partial charge in [0.25, 0.3) is 11.2 Å². The Labute approximate surface area is 109 Å². The Bertz CT molecular complexity index is 789. The van der Waals surface area contributed by atoms with Crippen molar-refractivity contribution in [1.29, 1.82) is 0 Å². The van der Waals surface area contributed by atoms with E-state index in [0.717, 1.165) is 0 Å². The van der Waals surface area contributed by atoms with Gasteiger partial charge in [-0.1, -0.05) is 0 Å². The topological polar surface area (TPSA) is 154 Å². The predicted molar refractivity (Wildman–Crippen MR) is 66.6 cm³/mol. The normalized spacial score (nSPS) is 10.8. The van der Waals surface area contributed by atoms with Crippen LogP contribution in [0.1, 0.15) is 0 Å². The van der Waals surface area contributed by atoms with Crippen molar-refractivity contribution in [2.45, 2.75) is 0 Å². The van der Waals surface area contributed by atoms with Gasteiger partial charge in [0.05, 0.1) is 10.6 Å². The summed E-state index contributed by atoms with van der Waals surface area (Å²) in [6.07, 6.45) is 0. The Balaban J connectivity index is 2.32. The maximum Gasteiger partial charge on any atom is 0.327 e. The number of hydrogen-bond acceptors (Lipinski definition) is 7. The SMILES string of the molecule is O=c1[nH]c(N=Nc2ccc([N+](=O)[O-])cc2)c(O)c(=O)[nH]1. The number of hydrogen-bond donors (Lipinski definition) is 3. The lowest BCUT2D eigenvalue weighted by molar-refractivity contribution is -0.384. The molecule has 2 aromatic rings.